The Bertz CT molecular complexity index is 394. The van der Waals surface area contributed by atoms with Gasteiger partial charge in [-0.1, -0.05) is 0 Å². The molecule has 0 saturated heterocycles. The van der Waals surface area contributed by atoms with Crippen molar-refractivity contribution in [3.8, 4) is 0 Å². The van der Waals surface area contributed by atoms with Crippen LogP contribution in [-0.2, 0) is 14.4 Å². The Morgan fingerprint density at radius 3 is 2.33 bits per heavy atom. The smallest absolute Gasteiger partial charge is 0.320 e. The Morgan fingerprint density at radius 2 is 1.90 bits per heavy atom. The first-order valence-electron chi connectivity index (χ1n) is 7.38. The van der Waals surface area contributed by atoms with Gasteiger partial charge in [-0.05, 0) is 39.5 Å². The van der Waals surface area contributed by atoms with Crippen molar-refractivity contribution in [2.45, 2.75) is 45.7 Å². The summed E-state index contributed by atoms with van der Waals surface area (Å²) >= 11 is 0. The molecule has 3 N–H and O–H groups in total. The zero-order valence-corrected chi connectivity index (χ0v) is 12.9. The molecule has 7 nitrogen and oxygen atoms in total. The molecule has 7 heteroatoms. The molecule has 0 aromatic heterocycles. The normalized spacial score (nSPS) is 15.6. The second-order valence-corrected chi connectivity index (χ2v) is 5.66. The molecule has 0 radical (unpaired) electrons. The van der Waals surface area contributed by atoms with Crippen LogP contribution >= 0.6 is 0 Å². The molecule has 21 heavy (non-hydrogen) atoms. The van der Waals surface area contributed by atoms with Crippen LogP contribution < -0.4 is 10.6 Å². The van der Waals surface area contributed by atoms with Gasteiger partial charge in [-0.2, -0.15) is 0 Å². The number of nitrogens with one attached hydrogen (secondary N) is 2. The minimum atomic E-state index is -0.925. The number of carbonyl (C=O) groups excluding carboxylic acids is 2. The van der Waals surface area contributed by atoms with Crippen LogP contribution in [-0.4, -0.2) is 59.5 Å². The fraction of sp³-hybridized carbons (Fsp3) is 0.786. The number of aliphatic carboxylic acids is 1. The standard InChI is InChI=1S/C14H25N3O4/c1-4-17(8-11(18)16-9(2)3)12(19)7-15-13(14(20)21)10-5-6-10/h9-10,13,15H,4-8H2,1-3H3,(H,16,18)(H,20,21). The van der Waals surface area contributed by atoms with Crippen LogP contribution in [0, 0.1) is 5.92 Å². The monoisotopic (exact) mass is 299 g/mol. The zero-order chi connectivity index (χ0) is 16.0. The first kappa shape index (κ1) is 17.4. The van der Waals surface area contributed by atoms with Gasteiger partial charge in [0.1, 0.15) is 6.04 Å². The molecule has 0 bridgehead atoms. The number of hydrogen-bond donors (Lipinski definition) is 3. The molecule has 1 atom stereocenters. The van der Waals surface area contributed by atoms with Gasteiger partial charge in [0.15, 0.2) is 0 Å². The molecule has 1 aliphatic carbocycles. The van der Waals surface area contributed by atoms with Gasteiger partial charge in [0.2, 0.25) is 11.8 Å². The van der Waals surface area contributed by atoms with Crippen LogP contribution in [0.3, 0.4) is 0 Å². The summed E-state index contributed by atoms with van der Waals surface area (Å²) in [4.78, 5) is 36.2. The summed E-state index contributed by atoms with van der Waals surface area (Å²) in [5.74, 6) is -1.28. The number of amides is 2. The van der Waals surface area contributed by atoms with Gasteiger partial charge < -0.3 is 15.3 Å². The van der Waals surface area contributed by atoms with Gasteiger partial charge in [-0.25, -0.2) is 0 Å². The van der Waals surface area contributed by atoms with Crippen molar-refractivity contribution >= 4 is 17.8 Å². The van der Waals surface area contributed by atoms with Gasteiger partial charge in [-0.15, -0.1) is 0 Å². The Labute approximate surface area is 125 Å². The number of carbonyl (C=O) groups is 3. The number of carboxylic acids is 1. The molecule has 0 aromatic carbocycles. The van der Waals surface area contributed by atoms with E-state index in [1.807, 2.05) is 13.8 Å². The second kappa shape index (κ2) is 7.97. The maximum Gasteiger partial charge on any atom is 0.320 e. The van der Waals surface area contributed by atoms with Gasteiger partial charge in [-0.3, -0.25) is 19.7 Å². The lowest BCUT2D eigenvalue weighted by molar-refractivity contribution is -0.141. The molecular formula is C14H25N3O4. The van der Waals surface area contributed by atoms with Crippen LogP contribution in [0.15, 0.2) is 0 Å². The third kappa shape index (κ3) is 6.12. The van der Waals surface area contributed by atoms with E-state index in [-0.39, 0.29) is 36.9 Å². The minimum absolute atomic E-state index is 0.00361. The molecule has 0 heterocycles. The first-order chi connectivity index (χ1) is 9.85. The van der Waals surface area contributed by atoms with Crippen molar-refractivity contribution < 1.29 is 19.5 Å². The van der Waals surface area contributed by atoms with Crippen molar-refractivity contribution in [1.29, 1.82) is 0 Å². The van der Waals surface area contributed by atoms with Crippen LogP contribution in [0.2, 0.25) is 0 Å². The van der Waals surface area contributed by atoms with E-state index in [4.69, 9.17) is 5.11 Å². The van der Waals surface area contributed by atoms with Crippen LogP contribution in [0.5, 0.6) is 0 Å². The zero-order valence-electron chi connectivity index (χ0n) is 12.9. The molecule has 0 aliphatic heterocycles. The molecule has 120 valence electrons. The van der Waals surface area contributed by atoms with Crippen LogP contribution in [0.4, 0.5) is 0 Å². The third-order valence-electron chi connectivity index (χ3n) is 3.35. The highest BCUT2D eigenvalue weighted by atomic mass is 16.4. The van der Waals surface area contributed by atoms with E-state index >= 15 is 0 Å². The van der Waals surface area contributed by atoms with Crippen molar-refractivity contribution in [2.75, 3.05) is 19.6 Å². The van der Waals surface area contributed by atoms with E-state index in [0.29, 0.717) is 6.54 Å². The Hall–Kier alpha value is -1.63. The molecule has 1 fully saturated rings. The molecule has 1 aliphatic rings. The minimum Gasteiger partial charge on any atom is -0.480 e. The summed E-state index contributed by atoms with van der Waals surface area (Å²) in [6.45, 7) is 5.84. The Kier molecular flexibility index (Phi) is 6.61. The largest absolute Gasteiger partial charge is 0.480 e. The lowest BCUT2D eigenvalue weighted by Gasteiger charge is -2.22. The molecule has 0 spiro atoms. The summed E-state index contributed by atoms with van der Waals surface area (Å²) in [7, 11) is 0. The average molecular weight is 299 g/mol. The quantitative estimate of drug-likeness (QED) is 0.548. The van der Waals surface area contributed by atoms with Crippen molar-refractivity contribution in [2.24, 2.45) is 5.92 Å². The molecular weight excluding hydrogens is 274 g/mol. The van der Waals surface area contributed by atoms with Crippen molar-refractivity contribution in [3.05, 3.63) is 0 Å². The predicted molar refractivity (Wildman–Crippen MR) is 77.7 cm³/mol. The lowest BCUT2D eigenvalue weighted by Crippen LogP contribution is -2.48. The van der Waals surface area contributed by atoms with E-state index < -0.39 is 12.0 Å². The van der Waals surface area contributed by atoms with E-state index in [2.05, 4.69) is 10.6 Å². The summed E-state index contributed by atoms with van der Waals surface area (Å²) in [6.07, 6.45) is 1.76. The number of carboxylic acid groups (broad SMARTS) is 1. The van der Waals surface area contributed by atoms with Crippen LogP contribution in [0.1, 0.15) is 33.6 Å². The summed E-state index contributed by atoms with van der Waals surface area (Å²) in [5.41, 5.74) is 0. The maximum absolute atomic E-state index is 12.1. The fourth-order valence-electron chi connectivity index (χ4n) is 2.11. The van der Waals surface area contributed by atoms with E-state index in [9.17, 15) is 14.4 Å². The predicted octanol–water partition coefficient (Wildman–Crippen LogP) is -0.188. The molecule has 0 aromatic rings. The maximum atomic E-state index is 12.1. The lowest BCUT2D eigenvalue weighted by atomic mass is 10.2. The van der Waals surface area contributed by atoms with Crippen molar-refractivity contribution in [1.82, 2.24) is 15.5 Å². The van der Waals surface area contributed by atoms with E-state index in [1.54, 1.807) is 6.92 Å². The van der Waals surface area contributed by atoms with Gasteiger partial charge >= 0.3 is 5.97 Å². The molecule has 2 amide bonds. The average Bonchev–Trinajstić information content (AvgIpc) is 3.19. The fourth-order valence-corrected chi connectivity index (χ4v) is 2.11. The van der Waals surface area contributed by atoms with Gasteiger partial charge in [0.05, 0.1) is 13.1 Å². The Balaban J connectivity index is 2.43. The number of likely N-dealkylation sites (N-methyl/N-ethyl adjacent to an activating group) is 1. The highest BCUT2D eigenvalue weighted by Crippen LogP contribution is 2.32. The van der Waals surface area contributed by atoms with E-state index in [1.165, 1.54) is 4.90 Å². The summed E-state index contributed by atoms with van der Waals surface area (Å²) in [5, 5.41) is 14.6. The van der Waals surface area contributed by atoms with Gasteiger partial charge in [0, 0.05) is 12.6 Å². The SMILES string of the molecule is CCN(CC(=O)NC(C)C)C(=O)CNC(C(=O)O)C1CC1. The van der Waals surface area contributed by atoms with Gasteiger partial charge in [0.25, 0.3) is 0 Å². The summed E-state index contributed by atoms with van der Waals surface area (Å²) < 4.78 is 0. The number of hydrogen-bond acceptors (Lipinski definition) is 4. The highest BCUT2D eigenvalue weighted by molar-refractivity contribution is 5.86. The summed E-state index contributed by atoms with van der Waals surface area (Å²) in [6, 6.07) is -0.646. The molecule has 1 rings (SSSR count). The molecule has 1 saturated carbocycles. The third-order valence-corrected chi connectivity index (χ3v) is 3.35. The number of rotatable bonds is 9. The van der Waals surface area contributed by atoms with Crippen molar-refractivity contribution in [3.63, 3.8) is 0 Å². The topological polar surface area (TPSA) is 98.7 Å². The Morgan fingerprint density at radius 1 is 1.29 bits per heavy atom. The number of nitrogens with zero attached hydrogens (tertiary/aromatic N) is 1. The van der Waals surface area contributed by atoms with E-state index in [0.717, 1.165) is 12.8 Å². The first-order valence-corrected chi connectivity index (χ1v) is 7.38. The second-order valence-electron chi connectivity index (χ2n) is 5.66. The highest BCUT2D eigenvalue weighted by Gasteiger charge is 2.36. The van der Waals surface area contributed by atoms with Crippen LogP contribution in [0.25, 0.3) is 0 Å². The molecule has 1 unspecified atom stereocenters.